The van der Waals surface area contributed by atoms with E-state index in [1.54, 1.807) is 17.6 Å². The second-order valence-electron chi connectivity index (χ2n) is 8.74. The molecule has 6 nitrogen and oxygen atoms in total. The van der Waals surface area contributed by atoms with Crippen LogP contribution in [0, 0.1) is 0 Å². The van der Waals surface area contributed by atoms with E-state index < -0.39 is 6.04 Å². The van der Waals surface area contributed by atoms with Gasteiger partial charge in [0.2, 0.25) is 5.91 Å². The number of hydrogen-bond acceptors (Lipinski definition) is 3. The predicted octanol–water partition coefficient (Wildman–Crippen LogP) is 4.36. The fourth-order valence-electron chi connectivity index (χ4n) is 4.55. The van der Waals surface area contributed by atoms with Crippen molar-refractivity contribution in [1.29, 1.82) is 0 Å². The molecule has 162 valence electrons. The number of carbonyl (C=O) groups is 1. The van der Waals surface area contributed by atoms with Crippen molar-refractivity contribution in [1.82, 2.24) is 19.9 Å². The Labute approximate surface area is 186 Å². The quantitative estimate of drug-likeness (QED) is 0.476. The van der Waals surface area contributed by atoms with E-state index in [0.717, 1.165) is 22.9 Å². The summed E-state index contributed by atoms with van der Waals surface area (Å²) >= 11 is 0. The van der Waals surface area contributed by atoms with Crippen LogP contribution in [0.1, 0.15) is 49.8 Å². The zero-order chi connectivity index (χ0) is 22.4. The number of fused-ring (bicyclic) bond motifs is 3. The molecule has 2 atom stereocenters. The van der Waals surface area contributed by atoms with Gasteiger partial charge in [0.15, 0.2) is 0 Å². The van der Waals surface area contributed by atoms with Crippen molar-refractivity contribution < 1.29 is 4.79 Å². The van der Waals surface area contributed by atoms with E-state index in [4.69, 9.17) is 4.98 Å². The molecule has 2 aromatic carbocycles. The molecule has 3 heterocycles. The van der Waals surface area contributed by atoms with Crippen LogP contribution >= 0.6 is 0 Å². The second-order valence-corrected chi connectivity index (χ2v) is 8.74. The average Bonchev–Trinajstić information content (AvgIpc) is 3.19. The molecule has 1 aliphatic heterocycles. The summed E-state index contributed by atoms with van der Waals surface area (Å²) in [6, 6.07) is 12.6. The van der Waals surface area contributed by atoms with E-state index in [1.165, 1.54) is 11.1 Å². The van der Waals surface area contributed by atoms with Crippen molar-refractivity contribution in [3.8, 4) is 0 Å². The van der Waals surface area contributed by atoms with Gasteiger partial charge in [0, 0.05) is 23.5 Å². The summed E-state index contributed by atoms with van der Waals surface area (Å²) in [5.74, 6) is 0.446. The Kier molecular flexibility index (Phi) is 4.93. The summed E-state index contributed by atoms with van der Waals surface area (Å²) in [5, 5.41) is 4.75. The van der Waals surface area contributed by atoms with Crippen LogP contribution in [0.5, 0.6) is 0 Å². The molecule has 0 bridgehead atoms. The third-order valence-corrected chi connectivity index (χ3v) is 6.27. The third kappa shape index (κ3) is 3.32. The Morgan fingerprint density at radius 1 is 1.06 bits per heavy atom. The SMILES string of the molecule is CC(C)=CCc1cccc2c(C[C@@H]3NC(=O)[C@@H](C)n4c3nc3ccccc3c4=O)c[nH]c12. The van der Waals surface area contributed by atoms with Crippen LogP contribution in [0.2, 0.25) is 0 Å². The van der Waals surface area contributed by atoms with Gasteiger partial charge in [-0.25, -0.2) is 4.98 Å². The van der Waals surface area contributed by atoms with Crippen molar-refractivity contribution in [3.63, 3.8) is 0 Å². The van der Waals surface area contributed by atoms with Gasteiger partial charge in [0.05, 0.1) is 16.9 Å². The van der Waals surface area contributed by atoms with Crippen LogP contribution in [0.25, 0.3) is 21.8 Å². The minimum Gasteiger partial charge on any atom is -0.361 e. The lowest BCUT2D eigenvalue weighted by atomic mass is 9.99. The van der Waals surface area contributed by atoms with Crippen molar-refractivity contribution >= 4 is 27.7 Å². The van der Waals surface area contributed by atoms with E-state index in [0.29, 0.717) is 23.1 Å². The van der Waals surface area contributed by atoms with Crippen LogP contribution < -0.4 is 10.9 Å². The molecule has 1 amide bonds. The van der Waals surface area contributed by atoms with Crippen LogP contribution in [0.15, 0.2) is 65.1 Å². The number of hydrogen-bond donors (Lipinski definition) is 2. The summed E-state index contributed by atoms with van der Waals surface area (Å²) in [6.07, 6.45) is 5.64. The first-order chi connectivity index (χ1) is 15.4. The summed E-state index contributed by atoms with van der Waals surface area (Å²) in [4.78, 5) is 34.2. The number of carbonyl (C=O) groups excluding carboxylic acids is 1. The Hall–Kier alpha value is -3.67. The summed E-state index contributed by atoms with van der Waals surface area (Å²) < 4.78 is 1.56. The van der Waals surface area contributed by atoms with Gasteiger partial charge in [0.25, 0.3) is 5.56 Å². The molecular weight excluding hydrogens is 400 g/mol. The molecule has 0 radical (unpaired) electrons. The maximum Gasteiger partial charge on any atom is 0.262 e. The summed E-state index contributed by atoms with van der Waals surface area (Å²) in [6.45, 7) is 5.94. The highest BCUT2D eigenvalue weighted by Crippen LogP contribution is 2.30. The minimum atomic E-state index is -0.593. The number of nitrogens with zero attached hydrogens (tertiary/aromatic N) is 2. The largest absolute Gasteiger partial charge is 0.361 e. The first-order valence-corrected chi connectivity index (χ1v) is 11.0. The predicted molar refractivity (Wildman–Crippen MR) is 127 cm³/mol. The number of allylic oxidation sites excluding steroid dienone is 2. The molecule has 32 heavy (non-hydrogen) atoms. The zero-order valence-electron chi connectivity index (χ0n) is 18.5. The van der Waals surface area contributed by atoms with Gasteiger partial charge in [-0.05, 0) is 50.5 Å². The fourth-order valence-corrected chi connectivity index (χ4v) is 4.55. The molecule has 2 aromatic heterocycles. The molecule has 0 spiro atoms. The van der Waals surface area contributed by atoms with E-state index in [2.05, 4.69) is 48.4 Å². The standard InChI is InChI=1S/C26H26N4O2/c1-15(2)11-12-17-7-6-9-19-18(14-27-23(17)19)13-22-24-28-21-10-5-4-8-20(21)26(32)30(24)16(3)25(31)29-22/h4-11,14,16,22,27H,12-13H2,1-3H3,(H,29,31)/t16-,22+/m1/s1. The summed E-state index contributed by atoms with van der Waals surface area (Å²) in [7, 11) is 0. The first-order valence-electron chi connectivity index (χ1n) is 11.0. The average molecular weight is 427 g/mol. The van der Waals surface area contributed by atoms with Crippen LogP contribution in [-0.2, 0) is 17.6 Å². The maximum atomic E-state index is 13.2. The van der Waals surface area contributed by atoms with Gasteiger partial charge in [-0.1, -0.05) is 42.0 Å². The first kappa shape index (κ1) is 20.2. The molecule has 0 fully saturated rings. The van der Waals surface area contributed by atoms with Gasteiger partial charge in [-0.2, -0.15) is 0 Å². The number of amides is 1. The zero-order valence-corrected chi connectivity index (χ0v) is 18.5. The molecule has 0 saturated heterocycles. The van der Waals surface area contributed by atoms with Crippen molar-refractivity contribution in [2.24, 2.45) is 0 Å². The molecule has 0 saturated carbocycles. The topological polar surface area (TPSA) is 79.8 Å². The highest BCUT2D eigenvalue weighted by atomic mass is 16.2. The lowest BCUT2D eigenvalue weighted by Crippen LogP contribution is -2.47. The number of aromatic nitrogens is 3. The van der Waals surface area contributed by atoms with Crippen molar-refractivity contribution in [2.45, 2.75) is 45.7 Å². The number of benzene rings is 2. The van der Waals surface area contributed by atoms with E-state index in [9.17, 15) is 9.59 Å². The van der Waals surface area contributed by atoms with E-state index >= 15 is 0 Å². The third-order valence-electron chi connectivity index (χ3n) is 6.27. The molecular formula is C26H26N4O2. The highest BCUT2D eigenvalue weighted by Gasteiger charge is 2.33. The van der Waals surface area contributed by atoms with Gasteiger partial charge in [-0.3, -0.25) is 14.2 Å². The molecule has 0 unspecified atom stereocenters. The molecule has 5 rings (SSSR count). The van der Waals surface area contributed by atoms with E-state index in [-0.39, 0.29) is 17.5 Å². The normalized spacial score (nSPS) is 17.9. The molecule has 0 aliphatic carbocycles. The number of para-hydroxylation sites is 2. The lowest BCUT2D eigenvalue weighted by Gasteiger charge is -2.31. The van der Waals surface area contributed by atoms with Crippen LogP contribution in [0.4, 0.5) is 0 Å². The number of rotatable bonds is 4. The Bertz CT molecular complexity index is 1440. The number of H-pyrrole nitrogens is 1. The highest BCUT2D eigenvalue weighted by molar-refractivity contribution is 5.87. The number of nitrogens with one attached hydrogen (secondary N) is 2. The maximum absolute atomic E-state index is 13.2. The monoisotopic (exact) mass is 426 g/mol. The molecule has 6 heteroatoms. The van der Waals surface area contributed by atoms with Gasteiger partial charge in [-0.15, -0.1) is 0 Å². The fraction of sp³-hybridized carbons (Fsp3) is 0.269. The van der Waals surface area contributed by atoms with Gasteiger partial charge in [0.1, 0.15) is 11.9 Å². The van der Waals surface area contributed by atoms with Crippen molar-refractivity contribution in [2.75, 3.05) is 0 Å². The molecule has 4 aromatic rings. The van der Waals surface area contributed by atoms with Crippen LogP contribution in [-0.4, -0.2) is 20.4 Å². The lowest BCUT2D eigenvalue weighted by molar-refractivity contribution is -0.126. The minimum absolute atomic E-state index is 0.161. The Balaban J connectivity index is 1.59. The van der Waals surface area contributed by atoms with Crippen molar-refractivity contribution in [3.05, 3.63) is 87.6 Å². The second kappa shape index (κ2) is 7.79. The molecule has 2 N–H and O–H groups in total. The van der Waals surface area contributed by atoms with Gasteiger partial charge < -0.3 is 10.3 Å². The summed E-state index contributed by atoms with van der Waals surface area (Å²) in [5.41, 5.74) is 5.21. The number of aromatic amines is 1. The Morgan fingerprint density at radius 2 is 1.84 bits per heavy atom. The van der Waals surface area contributed by atoms with E-state index in [1.807, 2.05) is 24.4 Å². The van der Waals surface area contributed by atoms with Gasteiger partial charge >= 0.3 is 0 Å². The molecule has 1 aliphatic rings. The van der Waals surface area contributed by atoms with Crippen LogP contribution in [0.3, 0.4) is 0 Å². The Morgan fingerprint density at radius 3 is 2.66 bits per heavy atom. The smallest absolute Gasteiger partial charge is 0.262 e.